The second kappa shape index (κ2) is 12.0. The van der Waals surface area contributed by atoms with Crippen molar-refractivity contribution in [2.75, 3.05) is 24.5 Å². The largest absolute Gasteiger partial charge is 0.355 e. The van der Waals surface area contributed by atoms with Crippen molar-refractivity contribution in [3.63, 3.8) is 0 Å². The van der Waals surface area contributed by atoms with Gasteiger partial charge >= 0.3 is 5.69 Å². The van der Waals surface area contributed by atoms with E-state index in [2.05, 4.69) is 23.1 Å². The molecule has 0 unspecified atom stereocenters. The van der Waals surface area contributed by atoms with E-state index in [4.69, 9.17) is 16.6 Å². The predicted octanol–water partition coefficient (Wildman–Crippen LogP) is 6.09. The van der Waals surface area contributed by atoms with Gasteiger partial charge in [-0.3, -0.25) is 9.78 Å². The fourth-order valence-corrected chi connectivity index (χ4v) is 5.81. The number of carbonyl (C=O) groups excluding carboxylic acids is 1. The van der Waals surface area contributed by atoms with Crippen LogP contribution in [0.4, 0.5) is 14.6 Å². The van der Waals surface area contributed by atoms with Crippen LogP contribution in [-0.4, -0.2) is 56.0 Å². The third-order valence-corrected chi connectivity index (χ3v) is 7.93. The van der Waals surface area contributed by atoms with E-state index in [1.54, 1.807) is 23.1 Å². The highest BCUT2D eigenvalue weighted by atomic mass is 35.5. The second-order valence-electron chi connectivity index (χ2n) is 10.7. The van der Waals surface area contributed by atoms with E-state index < -0.39 is 18.2 Å². The fraction of sp³-hybridized carbons (Fsp3) is 0.281. The third-order valence-electron chi connectivity index (χ3n) is 7.64. The molecule has 4 aromatic rings. The van der Waals surface area contributed by atoms with E-state index in [0.717, 1.165) is 0 Å². The molecule has 0 bridgehead atoms. The van der Waals surface area contributed by atoms with Gasteiger partial charge in [0, 0.05) is 43.0 Å². The minimum absolute atomic E-state index is 0.0960. The molecule has 3 aromatic heterocycles. The van der Waals surface area contributed by atoms with Gasteiger partial charge in [0.1, 0.15) is 18.3 Å². The van der Waals surface area contributed by atoms with Gasteiger partial charge < -0.3 is 9.80 Å². The van der Waals surface area contributed by atoms with Crippen LogP contribution < -0.4 is 10.6 Å². The van der Waals surface area contributed by atoms with Crippen molar-refractivity contribution in [2.45, 2.75) is 39.4 Å². The van der Waals surface area contributed by atoms with Crippen LogP contribution in [0, 0.1) is 5.82 Å². The van der Waals surface area contributed by atoms with E-state index in [9.17, 15) is 14.0 Å². The summed E-state index contributed by atoms with van der Waals surface area (Å²) < 4.78 is 31.0. The van der Waals surface area contributed by atoms with Crippen LogP contribution in [0.1, 0.15) is 43.5 Å². The molecule has 1 aromatic carbocycles. The lowest BCUT2D eigenvalue weighted by molar-refractivity contribution is -0.126. The number of carbonyl (C=O) groups is 1. The lowest BCUT2D eigenvalue weighted by atomic mass is 10.0. The zero-order chi connectivity index (χ0) is 31.0. The fourth-order valence-electron chi connectivity index (χ4n) is 5.56. The van der Waals surface area contributed by atoms with Gasteiger partial charge in [-0.25, -0.2) is 23.1 Å². The van der Waals surface area contributed by atoms with Crippen LogP contribution in [0.15, 0.2) is 60.6 Å². The van der Waals surface area contributed by atoms with E-state index in [1.807, 2.05) is 25.7 Å². The van der Waals surface area contributed by atoms with Gasteiger partial charge in [0.25, 0.3) is 0 Å². The Morgan fingerprint density at radius 3 is 2.65 bits per heavy atom. The molecule has 0 N–H and O–H groups in total. The molecule has 8 nitrogen and oxygen atoms in total. The molecule has 0 spiro atoms. The van der Waals surface area contributed by atoms with Crippen molar-refractivity contribution < 1.29 is 13.6 Å². The minimum atomic E-state index is -0.863. The van der Waals surface area contributed by atoms with Crippen LogP contribution in [0.3, 0.4) is 0 Å². The monoisotopic (exact) mass is 606 g/mol. The summed E-state index contributed by atoms with van der Waals surface area (Å²) in [7, 11) is 0. The first-order valence-corrected chi connectivity index (χ1v) is 14.3. The van der Waals surface area contributed by atoms with Crippen molar-refractivity contribution in [1.82, 2.24) is 24.4 Å². The number of aromatic nitrogens is 4. The molecule has 1 fully saturated rings. The molecule has 1 aliphatic heterocycles. The lowest BCUT2D eigenvalue weighted by Crippen LogP contribution is -2.54. The number of nitrogens with zero attached hydrogens (tertiary/aromatic N) is 6. The maximum Gasteiger partial charge on any atom is 0.355 e. The Hall–Kier alpha value is -4.44. The summed E-state index contributed by atoms with van der Waals surface area (Å²) in [6, 6.07) is 7.41. The Morgan fingerprint density at radius 2 is 2.00 bits per heavy atom. The molecule has 1 atom stereocenters. The van der Waals surface area contributed by atoms with Crippen molar-refractivity contribution >= 4 is 40.4 Å². The summed E-state index contributed by atoms with van der Waals surface area (Å²) in [5, 5.41) is 0.534. The summed E-state index contributed by atoms with van der Waals surface area (Å²) in [4.78, 5) is 43.7. The summed E-state index contributed by atoms with van der Waals surface area (Å²) in [6.07, 6.45) is 4.27. The Bertz CT molecular complexity index is 1820. The van der Waals surface area contributed by atoms with Gasteiger partial charge in [0.05, 0.1) is 27.5 Å². The molecule has 4 heterocycles. The number of alkyl halides is 1. The zero-order valence-electron chi connectivity index (χ0n) is 24.1. The van der Waals surface area contributed by atoms with Gasteiger partial charge in [-0.05, 0) is 42.7 Å². The lowest BCUT2D eigenvalue weighted by Gasteiger charge is -2.40. The summed E-state index contributed by atoms with van der Waals surface area (Å²) >= 11 is 6.81. The molecule has 5 rings (SSSR count). The molecule has 0 aliphatic carbocycles. The molecular formula is C32H31ClF2N6O2. The molecule has 222 valence electrons. The van der Waals surface area contributed by atoms with Gasteiger partial charge in [0.2, 0.25) is 5.91 Å². The standard InChI is InChI=1S/C32H31ClF2N6O2/c1-6-20-9-8-10-24(35)26(20)28-23(33)15-22-30(40-14-13-39(17-19(40)5)25(42)7-2)38-32(43)41(31(22)37-28)29-21(16-34)11-12-36-27(29)18(3)4/h6-12,15,18-19H,1-2,13-14,16-17H2,3-5H3/t19-/m0/s1/i42+2. The number of pyridine rings is 2. The van der Waals surface area contributed by atoms with Crippen LogP contribution in [0.25, 0.3) is 34.1 Å². The van der Waals surface area contributed by atoms with E-state index in [-0.39, 0.29) is 51.0 Å². The first kappa shape index (κ1) is 30.0. The number of fused-ring (bicyclic) bond motifs is 1. The molecule has 1 amide bonds. The minimum Gasteiger partial charge on any atom is -0.350 e. The molecule has 1 saturated heterocycles. The smallest absolute Gasteiger partial charge is 0.350 e. The molecular weight excluding hydrogens is 576 g/mol. The van der Waals surface area contributed by atoms with E-state index in [0.29, 0.717) is 42.1 Å². The van der Waals surface area contributed by atoms with Crippen LogP contribution >= 0.6 is 11.6 Å². The maximum absolute atomic E-state index is 15.3. The Kier molecular flexibility index (Phi) is 8.41. The third kappa shape index (κ3) is 5.31. The van der Waals surface area contributed by atoms with Crippen LogP contribution in [-0.2, 0) is 11.5 Å². The molecule has 1 aliphatic rings. The van der Waals surface area contributed by atoms with Crippen molar-refractivity contribution in [2.24, 2.45) is 0 Å². The number of hydrogen-bond donors (Lipinski definition) is 0. The number of piperazine rings is 1. The molecule has 11 heteroatoms. The maximum atomic E-state index is 15.3. The van der Waals surface area contributed by atoms with Crippen molar-refractivity contribution in [1.29, 1.82) is 0 Å². The quantitative estimate of drug-likeness (QED) is 0.187. The molecule has 0 saturated carbocycles. The topological polar surface area (TPSA) is 84.2 Å². The summed E-state index contributed by atoms with van der Waals surface area (Å²) in [6.45, 7) is 13.3. The highest BCUT2D eigenvalue weighted by molar-refractivity contribution is 6.34. The Labute approximate surface area is 253 Å². The van der Waals surface area contributed by atoms with Gasteiger partial charge in [0.15, 0.2) is 5.65 Å². The number of benzene rings is 1. The Balaban J connectivity index is 1.86. The van der Waals surface area contributed by atoms with E-state index in [1.165, 1.54) is 35.0 Å². The average molecular weight is 607 g/mol. The first-order valence-electron chi connectivity index (χ1n) is 13.9. The first-order chi connectivity index (χ1) is 20.6. The van der Waals surface area contributed by atoms with Gasteiger partial charge in [-0.2, -0.15) is 4.98 Å². The van der Waals surface area contributed by atoms with Crippen LogP contribution in [0.2, 0.25) is 5.02 Å². The Morgan fingerprint density at radius 1 is 1.23 bits per heavy atom. The number of hydrogen-bond acceptors (Lipinski definition) is 6. The van der Waals surface area contributed by atoms with E-state index >= 15 is 4.39 Å². The average Bonchev–Trinajstić information content (AvgIpc) is 3.00. The van der Waals surface area contributed by atoms with Crippen LogP contribution in [0.5, 0.6) is 0 Å². The second-order valence-corrected chi connectivity index (χ2v) is 11.1. The number of amides is 1. The summed E-state index contributed by atoms with van der Waals surface area (Å²) in [5.74, 6) is -0.623. The number of rotatable bonds is 7. The van der Waals surface area contributed by atoms with Crippen molar-refractivity contribution in [3.05, 3.63) is 93.9 Å². The molecule has 43 heavy (non-hydrogen) atoms. The van der Waals surface area contributed by atoms with Crippen molar-refractivity contribution in [3.8, 4) is 16.9 Å². The number of anilines is 1. The van der Waals surface area contributed by atoms with Gasteiger partial charge in [-0.1, -0.05) is 56.8 Å². The summed E-state index contributed by atoms with van der Waals surface area (Å²) in [5.41, 5.74) is 1.04. The molecule has 0 radical (unpaired) electrons. The van der Waals surface area contributed by atoms with Gasteiger partial charge in [-0.15, -0.1) is 0 Å². The highest BCUT2D eigenvalue weighted by Gasteiger charge is 2.31. The zero-order valence-corrected chi connectivity index (χ0v) is 24.9. The highest BCUT2D eigenvalue weighted by Crippen LogP contribution is 2.37. The number of halogens is 3. The normalized spacial score (nSPS) is 15.3. The predicted molar refractivity (Wildman–Crippen MR) is 166 cm³/mol. The SMILES string of the molecule is C=CC(=[18O])N1CCN(c2nc(=O)n(-c3c(CF)ccnc3C(C)C)c3nc(-c4c(F)cccc4C=C)c(Cl)cc23)[C@@H](C)C1.